The smallest absolute Gasteiger partial charge is 0.162 e. The number of nitrogens with zero attached hydrogens (tertiary/aromatic N) is 1. The van der Waals surface area contributed by atoms with Crippen LogP contribution in [0.3, 0.4) is 0 Å². The van der Waals surface area contributed by atoms with Crippen molar-refractivity contribution < 1.29 is 18.2 Å². The van der Waals surface area contributed by atoms with Crippen LogP contribution in [0, 0.1) is 0 Å². The Morgan fingerprint density at radius 1 is 0.944 bits per heavy atom. The lowest BCUT2D eigenvalue weighted by atomic mass is 9.91. The fourth-order valence-electron chi connectivity index (χ4n) is 4.65. The summed E-state index contributed by atoms with van der Waals surface area (Å²) in [5.41, 5.74) is 1.89. The maximum absolute atomic E-state index is 13.9. The third kappa shape index (κ3) is 5.77. The first-order chi connectivity index (χ1) is 17.0. The van der Waals surface area contributed by atoms with Crippen molar-refractivity contribution >= 4 is 50.0 Å². The van der Waals surface area contributed by atoms with Crippen LogP contribution in [0.2, 0.25) is 15.1 Å². The summed E-state index contributed by atoms with van der Waals surface area (Å²) < 4.78 is 39.1. The van der Waals surface area contributed by atoms with E-state index < -0.39 is 9.53 Å². The van der Waals surface area contributed by atoms with Crippen molar-refractivity contribution in [1.29, 1.82) is 0 Å². The van der Waals surface area contributed by atoms with E-state index in [4.69, 9.17) is 44.3 Å². The highest BCUT2D eigenvalue weighted by atomic mass is 35.5. The highest BCUT2D eigenvalue weighted by Crippen LogP contribution is 2.41. The van der Waals surface area contributed by atoms with Gasteiger partial charge < -0.3 is 14.4 Å². The number of halogens is 3. The van der Waals surface area contributed by atoms with Crippen LogP contribution in [0.1, 0.15) is 24.4 Å². The minimum Gasteiger partial charge on any atom is -0.493 e. The van der Waals surface area contributed by atoms with Gasteiger partial charge in [0.05, 0.1) is 35.9 Å². The summed E-state index contributed by atoms with van der Waals surface area (Å²) in [4.78, 5) is 2.44. The van der Waals surface area contributed by atoms with Crippen molar-refractivity contribution in [2.24, 2.45) is 0 Å². The largest absolute Gasteiger partial charge is 0.493 e. The van der Waals surface area contributed by atoms with E-state index in [0.717, 1.165) is 11.3 Å². The lowest BCUT2D eigenvalue weighted by molar-refractivity contribution is 0.353. The lowest BCUT2D eigenvalue weighted by Gasteiger charge is -2.48. The van der Waals surface area contributed by atoms with Crippen LogP contribution in [-0.2, 0) is 9.53 Å². The Hall–Kier alpha value is -2.00. The van der Waals surface area contributed by atoms with Gasteiger partial charge in [-0.15, -0.1) is 9.53 Å². The second kappa shape index (κ2) is 10.4. The molecular formula is C26H29Cl3N2O4S. The molecule has 2 N–H and O–H groups in total. The summed E-state index contributed by atoms with van der Waals surface area (Å²) >= 11 is 18.8. The monoisotopic (exact) mass is 570 g/mol. The van der Waals surface area contributed by atoms with E-state index in [1.807, 2.05) is 36.4 Å². The number of nitrogens with one attached hydrogen (secondary N) is 1. The van der Waals surface area contributed by atoms with Gasteiger partial charge in [-0.05, 0) is 60.9 Å². The molecule has 4 rings (SSSR count). The molecule has 0 saturated carbocycles. The SMILES string of the molecule is COc1ccc(S(C)(=O)(O)NC2CCN(c3ccc(Cl)cc3Cl)C(c3ccc(Cl)cc3)C2)cc1OC. The lowest BCUT2D eigenvalue weighted by Crippen LogP contribution is -2.55. The molecule has 1 heterocycles. The molecule has 194 valence electrons. The van der Waals surface area contributed by atoms with Gasteiger partial charge in [0.25, 0.3) is 0 Å². The molecule has 0 amide bonds. The zero-order chi connectivity index (χ0) is 26.1. The number of piperidine rings is 1. The van der Waals surface area contributed by atoms with Gasteiger partial charge in [-0.2, -0.15) is 4.21 Å². The average Bonchev–Trinajstić information content (AvgIpc) is 2.84. The van der Waals surface area contributed by atoms with E-state index in [1.54, 1.807) is 24.3 Å². The number of anilines is 1. The van der Waals surface area contributed by atoms with E-state index >= 15 is 0 Å². The summed E-state index contributed by atoms with van der Waals surface area (Å²) in [5.74, 6) is 0.873. The van der Waals surface area contributed by atoms with E-state index in [2.05, 4.69) is 9.62 Å². The van der Waals surface area contributed by atoms with Gasteiger partial charge >= 0.3 is 0 Å². The number of benzene rings is 3. The summed E-state index contributed by atoms with van der Waals surface area (Å²) in [7, 11) is -1.41. The van der Waals surface area contributed by atoms with E-state index in [0.29, 0.717) is 46.0 Å². The zero-order valence-corrected chi connectivity index (χ0v) is 23.3. The van der Waals surface area contributed by atoms with Gasteiger partial charge in [-0.25, -0.2) is 4.72 Å². The van der Waals surface area contributed by atoms with Crippen molar-refractivity contribution in [3.8, 4) is 11.5 Å². The molecular weight excluding hydrogens is 543 g/mol. The van der Waals surface area contributed by atoms with Gasteiger partial charge in [0.1, 0.15) is 0 Å². The van der Waals surface area contributed by atoms with Crippen LogP contribution >= 0.6 is 34.8 Å². The van der Waals surface area contributed by atoms with Crippen molar-refractivity contribution in [2.45, 2.75) is 29.8 Å². The number of methoxy groups -OCH3 is 2. The zero-order valence-electron chi connectivity index (χ0n) is 20.2. The minimum atomic E-state index is -4.43. The van der Waals surface area contributed by atoms with Crippen LogP contribution in [0.5, 0.6) is 11.5 Å². The standard InChI is InChI=1S/C26H29Cl3N2O4S/c1-34-25-11-9-21(16-26(25)35-2)36(3,32,33)30-20-12-13-31(23-10-8-19(28)14-22(23)29)24(15-20)17-4-6-18(27)7-5-17/h4-11,14,16,20,24H,12-13,15H2,1-3H3,(H2,30,32,33). The third-order valence-electron chi connectivity index (χ3n) is 6.43. The summed E-state index contributed by atoms with van der Waals surface area (Å²) in [6, 6.07) is 17.5. The Kier molecular flexibility index (Phi) is 7.81. The first-order valence-electron chi connectivity index (χ1n) is 11.4. The minimum absolute atomic E-state index is 0.110. The Labute approximate surface area is 226 Å². The van der Waals surface area contributed by atoms with Crippen LogP contribution in [0.4, 0.5) is 5.69 Å². The molecule has 0 spiro atoms. The summed E-state index contributed by atoms with van der Waals surface area (Å²) in [6.45, 7) is 0.612. The van der Waals surface area contributed by atoms with E-state index in [9.17, 15) is 8.76 Å². The molecule has 1 fully saturated rings. The van der Waals surface area contributed by atoms with Crippen molar-refractivity contribution in [2.75, 3.05) is 31.9 Å². The second-order valence-corrected chi connectivity index (χ2v) is 13.5. The predicted octanol–water partition coefficient (Wildman–Crippen LogP) is 6.86. The number of hydrogen-bond donors (Lipinski definition) is 2. The van der Waals surface area contributed by atoms with Crippen LogP contribution in [-0.4, -0.2) is 41.8 Å². The van der Waals surface area contributed by atoms with Crippen molar-refractivity contribution in [3.63, 3.8) is 0 Å². The highest BCUT2D eigenvalue weighted by Gasteiger charge is 2.36. The molecule has 0 bridgehead atoms. The van der Waals surface area contributed by atoms with Gasteiger partial charge in [0.2, 0.25) is 0 Å². The highest BCUT2D eigenvalue weighted by molar-refractivity contribution is 8.12. The fourth-order valence-corrected chi connectivity index (χ4v) is 7.20. The first-order valence-corrected chi connectivity index (χ1v) is 14.8. The maximum Gasteiger partial charge on any atom is 0.162 e. The molecule has 0 aromatic heterocycles. The molecule has 36 heavy (non-hydrogen) atoms. The average molecular weight is 572 g/mol. The quantitative estimate of drug-likeness (QED) is 0.324. The Morgan fingerprint density at radius 3 is 2.25 bits per heavy atom. The number of rotatable bonds is 7. The predicted molar refractivity (Wildman–Crippen MR) is 149 cm³/mol. The maximum atomic E-state index is 13.9. The summed E-state index contributed by atoms with van der Waals surface area (Å²) in [6.07, 6.45) is 2.52. The van der Waals surface area contributed by atoms with Gasteiger partial charge in [-0.3, -0.25) is 4.55 Å². The van der Waals surface area contributed by atoms with Crippen LogP contribution in [0.25, 0.3) is 0 Å². The number of hydrogen-bond acceptors (Lipinski definition) is 4. The topological polar surface area (TPSA) is 71.0 Å². The van der Waals surface area contributed by atoms with Crippen LogP contribution in [0.15, 0.2) is 65.6 Å². The van der Waals surface area contributed by atoms with Gasteiger partial charge in [0, 0.05) is 35.0 Å². The molecule has 3 aromatic rings. The first kappa shape index (κ1) is 27.0. The van der Waals surface area contributed by atoms with E-state index in [-0.39, 0.29) is 17.0 Å². The van der Waals surface area contributed by atoms with Gasteiger partial charge in [-0.1, -0.05) is 46.9 Å². The van der Waals surface area contributed by atoms with Crippen LogP contribution < -0.4 is 19.1 Å². The molecule has 1 aliphatic rings. The Balaban J connectivity index is 1.65. The van der Waals surface area contributed by atoms with E-state index in [1.165, 1.54) is 20.5 Å². The van der Waals surface area contributed by atoms with Crippen molar-refractivity contribution in [3.05, 3.63) is 81.3 Å². The molecule has 10 heteroatoms. The molecule has 0 radical (unpaired) electrons. The molecule has 6 nitrogen and oxygen atoms in total. The Morgan fingerprint density at radius 2 is 1.61 bits per heavy atom. The fraction of sp³-hybridized carbons (Fsp3) is 0.308. The normalized spacial score (nSPS) is 19.4. The molecule has 0 aliphatic carbocycles. The Bertz CT molecular complexity index is 1310. The molecule has 3 aromatic carbocycles. The molecule has 2 unspecified atom stereocenters. The molecule has 1 aliphatic heterocycles. The molecule has 1 saturated heterocycles. The summed E-state index contributed by atoms with van der Waals surface area (Å²) in [5, 5.41) is 1.76. The van der Waals surface area contributed by atoms with Gasteiger partial charge in [0.15, 0.2) is 11.5 Å². The second-order valence-electron chi connectivity index (χ2n) is 9.00. The number of ether oxygens (including phenoxy) is 2. The third-order valence-corrected chi connectivity index (χ3v) is 9.47. The van der Waals surface area contributed by atoms with Crippen molar-refractivity contribution in [1.82, 2.24) is 4.72 Å². The molecule has 2 atom stereocenters.